The number of carbonyl (C=O) groups is 2. The molecule has 0 saturated carbocycles. The van der Waals surface area contributed by atoms with Crippen molar-refractivity contribution in [1.82, 2.24) is 0 Å². The van der Waals surface area contributed by atoms with Crippen molar-refractivity contribution in [2.24, 2.45) is 5.41 Å². The Labute approximate surface area is 131 Å². The van der Waals surface area contributed by atoms with Gasteiger partial charge in [-0.05, 0) is 29.5 Å². The number of ketones is 2. The molecular formula is C18H13BrO2. The third kappa shape index (κ3) is 1.64. The molecule has 0 amide bonds. The highest BCUT2D eigenvalue weighted by Crippen LogP contribution is 2.47. The first-order chi connectivity index (χ1) is 10.2. The van der Waals surface area contributed by atoms with Crippen molar-refractivity contribution in [2.45, 2.75) is 18.2 Å². The number of halogens is 1. The van der Waals surface area contributed by atoms with Gasteiger partial charge in [-0.15, -0.1) is 0 Å². The average molecular weight is 341 g/mol. The van der Waals surface area contributed by atoms with Crippen molar-refractivity contribution in [3.8, 4) is 0 Å². The summed E-state index contributed by atoms with van der Waals surface area (Å²) in [7, 11) is 0. The predicted molar refractivity (Wildman–Crippen MR) is 84.0 cm³/mol. The molecule has 0 radical (unpaired) electrons. The van der Waals surface area contributed by atoms with Crippen molar-refractivity contribution in [1.29, 1.82) is 0 Å². The molecule has 2 aromatic carbocycles. The summed E-state index contributed by atoms with van der Waals surface area (Å²) in [6, 6.07) is 13.4. The van der Waals surface area contributed by atoms with Crippen LogP contribution >= 0.6 is 15.9 Å². The standard InChI is InChI=1S/C18H13BrO2/c19-10-11-5-6-12-8-18(9-13(12)7-11)16(20)14-3-1-2-4-15(14)17(18)21/h1-7H,8-10H2. The molecule has 1 spiro atoms. The van der Waals surface area contributed by atoms with Crippen molar-refractivity contribution >= 4 is 27.5 Å². The first-order valence-electron chi connectivity index (χ1n) is 7.01. The SMILES string of the molecule is O=C1c2ccccc2C(=O)C12Cc1ccc(CBr)cc1C2. The van der Waals surface area contributed by atoms with E-state index in [1.807, 2.05) is 12.1 Å². The van der Waals surface area contributed by atoms with Crippen LogP contribution in [0.5, 0.6) is 0 Å². The van der Waals surface area contributed by atoms with E-state index >= 15 is 0 Å². The summed E-state index contributed by atoms with van der Waals surface area (Å²) in [4.78, 5) is 25.6. The van der Waals surface area contributed by atoms with E-state index in [0.717, 1.165) is 16.5 Å². The molecule has 104 valence electrons. The lowest BCUT2D eigenvalue weighted by Crippen LogP contribution is -2.34. The van der Waals surface area contributed by atoms with Crippen LogP contribution < -0.4 is 0 Å². The fourth-order valence-electron chi connectivity index (χ4n) is 3.63. The van der Waals surface area contributed by atoms with Gasteiger partial charge >= 0.3 is 0 Å². The molecule has 0 unspecified atom stereocenters. The van der Waals surface area contributed by atoms with E-state index in [0.29, 0.717) is 24.0 Å². The minimum absolute atomic E-state index is 0.000285. The van der Waals surface area contributed by atoms with Crippen LogP contribution in [0, 0.1) is 5.41 Å². The summed E-state index contributed by atoms with van der Waals surface area (Å²) in [5.74, 6) is -0.000570. The highest BCUT2D eigenvalue weighted by molar-refractivity contribution is 9.08. The third-order valence-corrected chi connectivity index (χ3v) is 5.34. The van der Waals surface area contributed by atoms with Crippen molar-refractivity contribution < 1.29 is 9.59 Å². The molecule has 4 rings (SSSR count). The van der Waals surface area contributed by atoms with Gasteiger partial charge in [0.15, 0.2) is 11.6 Å². The topological polar surface area (TPSA) is 34.1 Å². The highest BCUT2D eigenvalue weighted by atomic mass is 79.9. The van der Waals surface area contributed by atoms with Gasteiger partial charge in [-0.25, -0.2) is 0 Å². The Morgan fingerprint density at radius 1 is 0.905 bits per heavy atom. The van der Waals surface area contributed by atoms with Gasteiger partial charge in [0.1, 0.15) is 5.41 Å². The van der Waals surface area contributed by atoms with Crippen molar-refractivity contribution in [3.05, 3.63) is 70.3 Å². The Hall–Kier alpha value is -1.74. The fourth-order valence-corrected chi connectivity index (χ4v) is 3.98. The first kappa shape index (κ1) is 13.0. The molecule has 0 fully saturated rings. The lowest BCUT2D eigenvalue weighted by Gasteiger charge is -2.18. The summed E-state index contributed by atoms with van der Waals surface area (Å²) >= 11 is 3.45. The Balaban J connectivity index is 1.82. The zero-order chi connectivity index (χ0) is 14.6. The van der Waals surface area contributed by atoms with Crippen LogP contribution in [-0.2, 0) is 18.2 Å². The van der Waals surface area contributed by atoms with Crippen LogP contribution in [0.4, 0.5) is 0 Å². The quantitative estimate of drug-likeness (QED) is 0.585. The molecule has 0 heterocycles. The van der Waals surface area contributed by atoms with E-state index in [-0.39, 0.29) is 11.6 Å². The van der Waals surface area contributed by atoms with Crippen molar-refractivity contribution in [2.75, 3.05) is 0 Å². The molecule has 2 aromatic rings. The number of rotatable bonds is 1. The molecule has 2 aliphatic carbocycles. The van der Waals surface area contributed by atoms with Gasteiger partial charge in [0, 0.05) is 16.5 Å². The van der Waals surface area contributed by atoms with Crippen molar-refractivity contribution in [3.63, 3.8) is 0 Å². The number of carbonyl (C=O) groups excluding carboxylic acids is 2. The Bertz CT molecular complexity index is 757. The van der Waals surface area contributed by atoms with Gasteiger partial charge in [-0.2, -0.15) is 0 Å². The zero-order valence-corrected chi connectivity index (χ0v) is 12.9. The number of hydrogen-bond acceptors (Lipinski definition) is 2. The molecule has 2 nitrogen and oxygen atoms in total. The van der Waals surface area contributed by atoms with E-state index in [4.69, 9.17) is 0 Å². The maximum absolute atomic E-state index is 12.8. The van der Waals surface area contributed by atoms with Crippen LogP contribution in [0.1, 0.15) is 37.4 Å². The van der Waals surface area contributed by atoms with Gasteiger partial charge < -0.3 is 0 Å². The Kier molecular flexibility index (Phi) is 2.70. The molecular weight excluding hydrogens is 328 g/mol. The number of hydrogen-bond donors (Lipinski definition) is 0. The molecule has 3 heteroatoms. The number of alkyl halides is 1. The van der Waals surface area contributed by atoms with Crippen LogP contribution in [0.2, 0.25) is 0 Å². The van der Waals surface area contributed by atoms with E-state index in [2.05, 4.69) is 34.1 Å². The molecule has 0 aromatic heterocycles. The molecule has 0 bridgehead atoms. The fraction of sp³-hybridized carbons (Fsp3) is 0.222. The lowest BCUT2D eigenvalue weighted by atomic mass is 9.80. The van der Waals surface area contributed by atoms with Crippen LogP contribution in [-0.4, -0.2) is 11.6 Å². The maximum atomic E-state index is 12.8. The van der Waals surface area contributed by atoms with Crippen LogP contribution in [0.3, 0.4) is 0 Å². The summed E-state index contributed by atoms with van der Waals surface area (Å²) in [5.41, 5.74) is 3.76. The second-order valence-corrected chi connectivity index (χ2v) is 6.44. The summed E-state index contributed by atoms with van der Waals surface area (Å²) in [6.45, 7) is 0. The number of fused-ring (bicyclic) bond motifs is 2. The van der Waals surface area contributed by atoms with Crippen LogP contribution in [0.25, 0.3) is 0 Å². The Morgan fingerprint density at radius 3 is 2.14 bits per heavy atom. The lowest BCUT2D eigenvalue weighted by molar-refractivity contribution is 0.0710. The first-order valence-corrected chi connectivity index (χ1v) is 8.13. The molecule has 0 aliphatic heterocycles. The zero-order valence-electron chi connectivity index (χ0n) is 11.4. The second-order valence-electron chi connectivity index (χ2n) is 5.88. The average Bonchev–Trinajstić information content (AvgIpc) is 3.00. The van der Waals surface area contributed by atoms with E-state index in [1.54, 1.807) is 12.1 Å². The molecule has 2 aliphatic rings. The minimum Gasteiger partial charge on any atom is -0.293 e. The van der Waals surface area contributed by atoms with Gasteiger partial charge in [0.25, 0.3) is 0 Å². The normalized spacial score (nSPS) is 18.1. The van der Waals surface area contributed by atoms with Gasteiger partial charge in [0.05, 0.1) is 0 Å². The smallest absolute Gasteiger partial charge is 0.178 e. The highest BCUT2D eigenvalue weighted by Gasteiger charge is 2.55. The largest absolute Gasteiger partial charge is 0.293 e. The second kappa shape index (κ2) is 4.38. The van der Waals surface area contributed by atoms with Gasteiger partial charge in [0.2, 0.25) is 0 Å². The summed E-state index contributed by atoms with van der Waals surface area (Å²) < 4.78 is 0. The third-order valence-electron chi connectivity index (χ3n) is 4.70. The predicted octanol–water partition coefficient (Wildman–Crippen LogP) is 3.75. The summed E-state index contributed by atoms with van der Waals surface area (Å²) in [6.07, 6.45) is 1.08. The molecule has 21 heavy (non-hydrogen) atoms. The molecule has 0 atom stereocenters. The Morgan fingerprint density at radius 2 is 1.52 bits per heavy atom. The number of benzene rings is 2. The van der Waals surface area contributed by atoms with Gasteiger partial charge in [-0.1, -0.05) is 58.4 Å². The number of Topliss-reactive ketones (excluding diaryl/α,β-unsaturated/α-hetero) is 2. The van der Waals surface area contributed by atoms with E-state index in [9.17, 15) is 9.59 Å². The maximum Gasteiger partial charge on any atom is 0.178 e. The van der Waals surface area contributed by atoms with Gasteiger partial charge in [-0.3, -0.25) is 9.59 Å². The van der Waals surface area contributed by atoms with Crippen LogP contribution in [0.15, 0.2) is 42.5 Å². The monoisotopic (exact) mass is 340 g/mol. The molecule has 0 saturated heterocycles. The van der Waals surface area contributed by atoms with E-state index < -0.39 is 5.41 Å². The van der Waals surface area contributed by atoms with E-state index in [1.165, 1.54) is 5.56 Å². The summed E-state index contributed by atoms with van der Waals surface area (Å²) in [5, 5.41) is 0.787. The minimum atomic E-state index is -0.878. The molecule has 0 N–H and O–H groups in total.